The minimum atomic E-state index is -3.56. The topological polar surface area (TPSA) is 118 Å². The molecule has 2 N–H and O–H groups in total. The van der Waals surface area contributed by atoms with Gasteiger partial charge in [-0.05, 0) is 32.4 Å². The van der Waals surface area contributed by atoms with Crippen LogP contribution in [0.1, 0.15) is 18.4 Å². The van der Waals surface area contributed by atoms with Crippen LogP contribution in [-0.2, 0) is 21.1 Å². The highest BCUT2D eigenvalue weighted by atomic mass is 32.2. The van der Waals surface area contributed by atoms with E-state index in [1.165, 1.54) is 6.07 Å². The third-order valence-electron chi connectivity index (χ3n) is 4.40. The maximum atomic E-state index is 12.5. The number of carbonyl (C=O) groups excluding carboxylic acids is 1. The number of piperidine rings is 1. The molecule has 1 aromatic carbocycles. The Hall–Kier alpha value is -2.00. The second kappa shape index (κ2) is 7.27. The quantitative estimate of drug-likeness (QED) is 0.564. The Labute approximate surface area is 140 Å². The first kappa shape index (κ1) is 18.3. The number of nitro groups is 1. The van der Waals surface area contributed by atoms with Gasteiger partial charge in [-0.3, -0.25) is 14.9 Å². The van der Waals surface area contributed by atoms with Crippen LogP contribution in [0.15, 0.2) is 24.3 Å². The van der Waals surface area contributed by atoms with Crippen LogP contribution in [0.25, 0.3) is 0 Å². The lowest BCUT2D eigenvalue weighted by Crippen LogP contribution is -2.57. The van der Waals surface area contributed by atoms with Gasteiger partial charge in [-0.2, -0.15) is 0 Å². The zero-order chi connectivity index (χ0) is 17.8. The summed E-state index contributed by atoms with van der Waals surface area (Å²) < 4.78 is 22.9. The van der Waals surface area contributed by atoms with Gasteiger partial charge in [0.15, 0.2) is 14.6 Å². The van der Waals surface area contributed by atoms with Crippen LogP contribution >= 0.6 is 0 Å². The minimum absolute atomic E-state index is 0.00792. The first-order valence-corrected chi connectivity index (χ1v) is 9.58. The van der Waals surface area contributed by atoms with Crippen LogP contribution in [0, 0.1) is 10.1 Å². The number of hydrogen-bond donors (Lipinski definition) is 2. The van der Waals surface area contributed by atoms with E-state index in [9.17, 15) is 23.3 Å². The molecule has 0 bridgehead atoms. The molecule has 132 valence electrons. The van der Waals surface area contributed by atoms with Gasteiger partial charge in [0.1, 0.15) is 0 Å². The van der Waals surface area contributed by atoms with Crippen molar-refractivity contribution < 1.29 is 18.1 Å². The summed E-state index contributed by atoms with van der Waals surface area (Å²) in [5, 5.41) is 16.7. The number of nitrogens with one attached hydrogen (secondary N) is 2. The van der Waals surface area contributed by atoms with Crippen LogP contribution in [-0.4, -0.2) is 49.9 Å². The summed E-state index contributed by atoms with van der Waals surface area (Å²) >= 11 is 0. The predicted molar refractivity (Wildman–Crippen MR) is 89.5 cm³/mol. The molecule has 1 fully saturated rings. The van der Waals surface area contributed by atoms with E-state index in [-0.39, 0.29) is 31.5 Å². The summed E-state index contributed by atoms with van der Waals surface area (Å²) in [6, 6.07) is 6.30. The third kappa shape index (κ3) is 3.73. The van der Waals surface area contributed by atoms with E-state index in [1.54, 1.807) is 18.2 Å². The van der Waals surface area contributed by atoms with E-state index in [0.717, 1.165) is 6.26 Å². The number of para-hydroxylation sites is 1. The minimum Gasteiger partial charge on any atom is -0.354 e. The summed E-state index contributed by atoms with van der Waals surface area (Å²) in [6.45, 7) is 1.07. The van der Waals surface area contributed by atoms with Crippen LogP contribution < -0.4 is 10.6 Å². The van der Waals surface area contributed by atoms with Gasteiger partial charge in [-0.25, -0.2) is 8.42 Å². The molecule has 0 aliphatic carbocycles. The molecule has 1 aliphatic heterocycles. The molecule has 9 heteroatoms. The molecular weight excluding hydrogens is 334 g/mol. The number of sulfone groups is 1. The molecule has 1 heterocycles. The van der Waals surface area contributed by atoms with Crippen molar-refractivity contribution in [1.82, 2.24) is 10.6 Å². The first-order valence-electron chi connectivity index (χ1n) is 7.69. The smallest absolute Gasteiger partial charge is 0.272 e. The normalized spacial score (nSPS) is 17.2. The second-order valence-corrected chi connectivity index (χ2v) is 8.23. The molecule has 2 rings (SSSR count). The Morgan fingerprint density at radius 1 is 1.33 bits per heavy atom. The van der Waals surface area contributed by atoms with Gasteiger partial charge in [0, 0.05) is 24.4 Å². The number of nitro benzene ring substituents is 1. The Morgan fingerprint density at radius 2 is 1.96 bits per heavy atom. The summed E-state index contributed by atoms with van der Waals surface area (Å²) in [5.41, 5.74) is 0.493. The number of rotatable bonds is 6. The molecule has 1 amide bonds. The highest BCUT2D eigenvalue weighted by Gasteiger charge is 2.48. The monoisotopic (exact) mass is 355 g/mol. The molecule has 1 saturated heterocycles. The lowest BCUT2D eigenvalue weighted by atomic mass is 9.95. The number of hydrogen-bond acceptors (Lipinski definition) is 6. The van der Waals surface area contributed by atoms with Gasteiger partial charge in [0.2, 0.25) is 5.91 Å². The molecular formula is C15H21N3O5S. The van der Waals surface area contributed by atoms with Crippen molar-refractivity contribution in [2.75, 3.05) is 25.9 Å². The van der Waals surface area contributed by atoms with Gasteiger partial charge < -0.3 is 10.6 Å². The maximum Gasteiger partial charge on any atom is 0.272 e. The van der Waals surface area contributed by atoms with Gasteiger partial charge in [0.25, 0.3) is 5.69 Å². The number of amides is 1. The van der Waals surface area contributed by atoms with Crippen LogP contribution in [0.4, 0.5) is 5.69 Å². The SMILES string of the molecule is CS(=O)(=O)C1(C(=O)NCCc2ccccc2[N+](=O)[O-])CCNCC1. The largest absolute Gasteiger partial charge is 0.354 e. The second-order valence-electron chi connectivity index (χ2n) is 5.91. The Balaban J connectivity index is 2.06. The van der Waals surface area contributed by atoms with E-state index >= 15 is 0 Å². The molecule has 0 saturated carbocycles. The number of nitrogens with zero attached hydrogens (tertiary/aromatic N) is 1. The Kier molecular flexibility index (Phi) is 5.55. The lowest BCUT2D eigenvalue weighted by Gasteiger charge is -2.34. The molecule has 0 spiro atoms. The van der Waals surface area contributed by atoms with E-state index < -0.39 is 25.4 Å². The van der Waals surface area contributed by atoms with Crippen molar-refractivity contribution in [3.63, 3.8) is 0 Å². The molecule has 1 aromatic rings. The van der Waals surface area contributed by atoms with Crippen LogP contribution in [0.3, 0.4) is 0 Å². The fourth-order valence-electron chi connectivity index (χ4n) is 2.97. The van der Waals surface area contributed by atoms with E-state index in [4.69, 9.17) is 0 Å². The molecule has 24 heavy (non-hydrogen) atoms. The van der Waals surface area contributed by atoms with E-state index in [0.29, 0.717) is 18.7 Å². The van der Waals surface area contributed by atoms with E-state index in [1.807, 2.05) is 0 Å². The van der Waals surface area contributed by atoms with Crippen molar-refractivity contribution in [3.8, 4) is 0 Å². The van der Waals surface area contributed by atoms with Crippen molar-refractivity contribution in [2.45, 2.75) is 24.0 Å². The lowest BCUT2D eigenvalue weighted by molar-refractivity contribution is -0.385. The highest BCUT2D eigenvalue weighted by molar-refractivity contribution is 7.92. The summed E-state index contributed by atoms with van der Waals surface area (Å²) in [4.78, 5) is 23.0. The van der Waals surface area contributed by atoms with Crippen molar-refractivity contribution in [3.05, 3.63) is 39.9 Å². The molecule has 0 radical (unpaired) electrons. The average Bonchev–Trinajstić information content (AvgIpc) is 2.54. The highest BCUT2D eigenvalue weighted by Crippen LogP contribution is 2.28. The van der Waals surface area contributed by atoms with Gasteiger partial charge in [-0.1, -0.05) is 18.2 Å². The molecule has 1 aliphatic rings. The Bertz CT molecular complexity index is 726. The molecule has 0 atom stereocenters. The van der Waals surface area contributed by atoms with E-state index in [2.05, 4.69) is 10.6 Å². The molecule has 0 aromatic heterocycles. The van der Waals surface area contributed by atoms with Gasteiger partial charge in [-0.15, -0.1) is 0 Å². The standard InChI is InChI=1S/C15H21N3O5S/c1-24(22,23)15(7-10-16-11-8-15)14(19)17-9-6-12-4-2-3-5-13(12)18(20)21/h2-5,16H,6-11H2,1H3,(H,17,19). The van der Waals surface area contributed by atoms with Gasteiger partial charge in [0.05, 0.1) is 4.92 Å². The number of benzene rings is 1. The zero-order valence-corrected chi connectivity index (χ0v) is 14.3. The predicted octanol–water partition coefficient (Wildman–Crippen LogP) is 0.420. The van der Waals surface area contributed by atoms with Crippen LogP contribution in [0.2, 0.25) is 0 Å². The molecule has 0 unspecified atom stereocenters. The summed E-state index contributed by atoms with van der Waals surface area (Å²) in [7, 11) is -3.56. The summed E-state index contributed by atoms with van der Waals surface area (Å²) in [5.74, 6) is -0.523. The third-order valence-corrected chi connectivity index (χ3v) is 6.42. The first-order chi connectivity index (χ1) is 11.3. The molecule has 8 nitrogen and oxygen atoms in total. The van der Waals surface area contributed by atoms with Crippen molar-refractivity contribution >= 4 is 21.4 Å². The van der Waals surface area contributed by atoms with Crippen LogP contribution in [0.5, 0.6) is 0 Å². The maximum absolute atomic E-state index is 12.5. The number of carbonyl (C=O) groups is 1. The van der Waals surface area contributed by atoms with Crippen molar-refractivity contribution in [1.29, 1.82) is 0 Å². The van der Waals surface area contributed by atoms with Crippen molar-refractivity contribution in [2.24, 2.45) is 0 Å². The summed E-state index contributed by atoms with van der Waals surface area (Å²) in [6.07, 6.45) is 1.80. The fourth-order valence-corrected chi connectivity index (χ4v) is 4.32. The zero-order valence-electron chi connectivity index (χ0n) is 13.4. The average molecular weight is 355 g/mol. The van der Waals surface area contributed by atoms with Gasteiger partial charge >= 0.3 is 0 Å². The fraction of sp³-hybridized carbons (Fsp3) is 0.533. The Morgan fingerprint density at radius 3 is 2.54 bits per heavy atom.